The minimum Gasteiger partial charge on any atom is -0.376 e. The summed E-state index contributed by atoms with van der Waals surface area (Å²) in [6.45, 7) is 1.34. The lowest BCUT2D eigenvalue weighted by atomic mass is 10.1. The summed E-state index contributed by atoms with van der Waals surface area (Å²) in [6.07, 6.45) is 0. The second kappa shape index (κ2) is 3.40. The molecule has 0 saturated heterocycles. The zero-order chi connectivity index (χ0) is 9.19. The molecule has 2 N–H and O–H groups in total. The van der Waals surface area contributed by atoms with Crippen molar-refractivity contribution in [2.24, 2.45) is 0 Å². The van der Waals surface area contributed by atoms with Gasteiger partial charge in [-0.15, -0.1) is 0 Å². The molecule has 0 saturated carbocycles. The van der Waals surface area contributed by atoms with Crippen LogP contribution in [0.2, 0.25) is 0 Å². The Labute approximate surface area is 71.5 Å². The van der Waals surface area contributed by atoms with Crippen LogP contribution in [0.5, 0.6) is 0 Å². The normalized spacial score (nSPS) is 18.2. The third-order valence-corrected chi connectivity index (χ3v) is 2.87. The standard InChI is InChI=1S/C8H11O3P/c1-8(9,12(10)11)7-5-3-2-4-6-7/h2-6,9,12H,1H3,(H,10,11). The molecule has 0 amide bonds. The lowest BCUT2D eigenvalue weighted by Crippen LogP contribution is -2.15. The fourth-order valence-electron chi connectivity index (χ4n) is 0.886. The first-order valence-electron chi connectivity index (χ1n) is 3.56. The summed E-state index contributed by atoms with van der Waals surface area (Å²) in [5.41, 5.74) is 0.469. The maximum Gasteiger partial charge on any atom is 0.223 e. The number of rotatable bonds is 2. The second-order valence-corrected chi connectivity index (χ2v) is 4.33. The molecule has 0 aromatic heterocycles. The van der Waals surface area contributed by atoms with Crippen LogP contribution < -0.4 is 0 Å². The quantitative estimate of drug-likeness (QED) is 0.685. The minimum atomic E-state index is -2.96. The van der Waals surface area contributed by atoms with Gasteiger partial charge in [0.2, 0.25) is 8.03 Å². The average molecular weight is 186 g/mol. The summed E-state index contributed by atoms with van der Waals surface area (Å²) in [7, 11) is -2.96. The zero-order valence-electron chi connectivity index (χ0n) is 6.69. The second-order valence-electron chi connectivity index (χ2n) is 2.74. The average Bonchev–Trinajstić information content (AvgIpc) is 2.06. The molecule has 1 aromatic carbocycles. The Morgan fingerprint density at radius 2 is 1.83 bits per heavy atom. The van der Waals surface area contributed by atoms with Gasteiger partial charge in [-0.05, 0) is 12.5 Å². The third-order valence-electron chi connectivity index (χ3n) is 1.75. The predicted molar refractivity (Wildman–Crippen MR) is 47.2 cm³/mol. The van der Waals surface area contributed by atoms with Crippen molar-refractivity contribution in [3.63, 3.8) is 0 Å². The van der Waals surface area contributed by atoms with Gasteiger partial charge in [0.15, 0.2) is 5.34 Å². The molecular weight excluding hydrogens is 175 g/mol. The number of hydrogen-bond donors (Lipinski definition) is 2. The molecule has 1 aromatic rings. The maximum atomic E-state index is 10.8. The molecule has 0 aliphatic rings. The number of hydrogen-bond acceptors (Lipinski definition) is 2. The van der Waals surface area contributed by atoms with Gasteiger partial charge in [-0.3, -0.25) is 4.57 Å². The summed E-state index contributed by atoms with van der Waals surface area (Å²) in [4.78, 5) is 8.83. The highest BCUT2D eigenvalue weighted by molar-refractivity contribution is 7.39. The molecule has 2 unspecified atom stereocenters. The van der Waals surface area contributed by atoms with Crippen LogP contribution in [0.3, 0.4) is 0 Å². The molecular formula is C8H11O3P. The highest BCUT2D eigenvalue weighted by Crippen LogP contribution is 2.41. The van der Waals surface area contributed by atoms with Crippen LogP contribution in [-0.4, -0.2) is 10.00 Å². The highest BCUT2D eigenvalue weighted by Gasteiger charge is 2.28. The molecule has 3 nitrogen and oxygen atoms in total. The van der Waals surface area contributed by atoms with E-state index >= 15 is 0 Å². The van der Waals surface area contributed by atoms with Gasteiger partial charge in [0, 0.05) is 0 Å². The molecule has 0 heterocycles. The first-order chi connectivity index (χ1) is 5.55. The van der Waals surface area contributed by atoms with Crippen LogP contribution in [0, 0.1) is 0 Å². The number of aliphatic hydroxyl groups is 1. The minimum absolute atomic E-state index is 0.469. The Balaban J connectivity index is 3.06. The van der Waals surface area contributed by atoms with Crippen LogP contribution in [-0.2, 0) is 9.91 Å². The maximum absolute atomic E-state index is 10.8. The van der Waals surface area contributed by atoms with Crippen LogP contribution >= 0.6 is 8.03 Å². The lowest BCUT2D eigenvalue weighted by molar-refractivity contribution is 0.135. The fraction of sp³-hybridized carbons (Fsp3) is 0.250. The van der Waals surface area contributed by atoms with E-state index in [4.69, 9.17) is 4.89 Å². The topological polar surface area (TPSA) is 57.5 Å². The monoisotopic (exact) mass is 186 g/mol. The van der Waals surface area contributed by atoms with Gasteiger partial charge in [-0.2, -0.15) is 0 Å². The number of benzene rings is 1. The van der Waals surface area contributed by atoms with Gasteiger partial charge in [0.25, 0.3) is 0 Å². The van der Waals surface area contributed by atoms with Crippen LogP contribution in [0.1, 0.15) is 12.5 Å². The Morgan fingerprint density at radius 3 is 2.25 bits per heavy atom. The Hall–Kier alpha value is -0.630. The zero-order valence-corrected chi connectivity index (χ0v) is 7.69. The highest BCUT2D eigenvalue weighted by atomic mass is 31.1. The van der Waals surface area contributed by atoms with Gasteiger partial charge in [0.1, 0.15) is 0 Å². The van der Waals surface area contributed by atoms with Crippen molar-refractivity contribution in [1.29, 1.82) is 0 Å². The van der Waals surface area contributed by atoms with E-state index in [1.54, 1.807) is 30.3 Å². The summed E-state index contributed by atoms with van der Waals surface area (Å²) >= 11 is 0. The molecule has 0 aliphatic heterocycles. The molecule has 0 fully saturated rings. The molecule has 1 rings (SSSR count). The van der Waals surface area contributed by atoms with Gasteiger partial charge in [-0.25, -0.2) is 0 Å². The Bertz CT molecular complexity index is 282. The predicted octanol–water partition coefficient (Wildman–Crippen LogP) is 1.32. The van der Waals surface area contributed by atoms with E-state index in [2.05, 4.69) is 0 Å². The Kier molecular flexibility index (Phi) is 2.68. The van der Waals surface area contributed by atoms with Crippen molar-refractivity contribution in [2.75, 3.05) is 0 Å². The van der Waals surface area contributed by atoms with Crippen molar-refractivity contribution in [3.05, 3.63) is 35.9 Å². The van der Waals surface area contributed by atoms with Gasteiger partial charge in [-0.1, -0.05) is 30.3 Å². The van der Waals surface area contributed by atoms with E-state index in [1.165, 1.54) is 6.92 Å². The summed E-state index contributed by atoms with van der Waals surface area (Å²) in [6, 6.07) is 8.47. The van der Waals surface area contributed by atoms with E-state index in [0.29, 0.717) is 5.56 Å². The van der Waals surface area contributed by atoms with E-state index in [9.17, 15) is 9.67 Å². The molecule has 0 spiro atoms. The summed E-state index contributed by atoms with van der Waals surface area (Å²) in [5, 5.41) is 7.94. The lowest BCUT2D eigenvalue weighted by Gasteiger charge is -2.19. The SMILES string of the molecule is CC(O)(c1ccccc1)[PH](=O)O. The van der Waals surface area contributed by atoms with Crippen molar-refractivity contribution in [3.8, 4) is 0 Å². The van der Waals surface area contributed by atoms with Crippen molar-refractivity contribution in [1.82, 2.24) is 0 Å². The molecule has 0 aliphatic carbocycles. The third kappa shape index (κ3) is 1.75. The van der Waals surface area contributed by atoms with E-state index in [1.807, 2.05) is 0 Å². The summed E-state index contributed by atoms with van der Waals surface area (Å²) in [5.74, 6) is 0. The van der Waals surface area contributed by atoms with Crippen molar-refractivity contribution in [2.45, 2.75) is 12.3 Å². The molecule has 4 heteroatoms. The van der Waals surface area contributed by atoms with Crippen LogP contribution in [0.15, 0.2) is 30.3 Å². The van der Waals surface area contributed by atoms with Crippen LogP contribution in [0.25, 0.3) is 0 Å². The first kappa shape index (κ1) is 9.46. The Morgan fingerprint density at radius 1 is 1.33 bits per heavy atom. The van der Waals surface area contributed by atoms with E-state index in [-0.39, 0.29) is 0 Å². The van der Waals surface area contributed by atoms with E-state index < -0.39 is 13.4 Å². The largest absolute Gasteiger partial charge is 0.376 e. The van der Waals surface area contributed by atoms with Gasteiger partial charge in [0.05, 0.1) is 0 Å². The molecule has 2 atom stereocenters. The van der Waals surface area contributed by atoms with Crippen molar-refractivity contribution < 1.29 is 14.6 Å². The summed E-state index contributed by atoms with van der Waals surface area (Å²) < 4.78 is 10.8. The van der Waals surface area contributed by atoms with Gasteiger partial charge >= 0.3 is 0 Å². The first-order valence-corrected chi connectivity index (χ1v) is 4.92. The van der Waals surface area contributed by atoms with E-state index in [0.717, 1.165) is 0 Å². The molecule has 0 bridgehead atoms. The molecule has 66 valence electrons. The molecule has 12 heavy (non-hydrogen) atoms. The molecule has 0 radical (unpaired) electrons. The smallest absolute Gasteiger partial charge is 0.223 e. The van der Waals surface area contributed by atoms with Gasteiger partial charge < -0.3 is 10.00 Å². The van der Waals surface area contributed by atoms with Crippen molar-refractivity contribution >= 4 is 8.03 Å². The van der Waals surface area contributed by atoms with Crippen LogP contribution in [0.4, 0.5) is 0 Å². The fourth-order valence-corrected chi connectivity index (χ4v) is 1.30.